The number of para-hydroxylation sites is 1. The maximum Gasteiger partial charge on any atom is 0.282 e. The highest BCUT2D eigenvalue weighted by atomic mass is 32.2. The van der Waals surface area contributed by atoms with Gasteiger partial charge in [-0.3, -0.25) is 9.59 Å². The Morgan fingerprint density at radius 2 is 2.12 bits per heavy atom. The predicted octanol–water partition coefficient (Wildman–Crippen LogP) is 0.684. The van der Waals surface area contributed by atoms with E-state index < -0.39 is 0 Å². The highest BCUT2D eigenvalue weighted by Crippen LogP contribution is 2.37. The zero-order valence-corrected chi connectivity index (χ0v) is 15.0. The zero-order chi connectivity index (χ0) is 17.1. The molecular weight excluding hydrogens is 322 g/mol. The van der Waals surface area contributed by atoms with Gasteiger partial charge in [0.05, 0.1) is 24.7 Å². The van der Waals surface area contributed by atoms with Gasteiger partial charge in [0.25, 0.3) is 5.91 Å². The number of amides is 2. The summed E-state index contributed by atoms with van der Waals surface area (Å²) in [6, 6.07) is 8.15. The second-order valence-electron chi connectivity index (χ2n) is 6.85. The van der Waals surface area contributed by atoms with E-state index in [1.54, 1.807) is 0 Å². The Balaban J connectivity index is 1.71. The molecule has 1 unspecified atom stereocenters. The Morgan fingerprint density at radius 1 is 1.33 bits per heavy atom. The normalized spacial score (nSPS) is 27.2. The molecule has 130 valence electrons. The van der Waals surface area contributed by atoms with Crippen molar-refractivity contribution in [3.8, 4) is 0 Å². The smallest absolute Gasteiger partial charge is 0.282 e. The Bertz CT molecular complexity index is 622. The number of nitrogens with one attached hydrogen (secondary N) is 1. The van der Waals surface area contributed by atoms with Crippen LogP contribution in [0.5, 0.6) is 0 Å². The first-order valence-electron chi connectivity index (χ1n) is 8.73. The number of rotatable bonds is 3. The third-order valence-electron chi connectivity index (χ3n) is 4.97. The number of nitrogens with two attached hydrogens (primary N) is 1. The predicted molar refractivity (Wildman–Crippen MR) is 96.2 cm³/mol. The number of benzene rings is 1. The van der Waals surface area contributed by atoms with Crippen molar-refractivity contribution in [1.29, 1.82) is 0 Å². The molecule has 24 heavy (non-hydrogen) atoms. The fraction of sp³-hybridized carbons (Fsp3) is 0.556. The minimum atomic E-state index is -0.231. The number of carbonyl (C=O) groups excluding carboxylic acids is 2. The summed E-state index contributed by atoms with van der Waals surface area (Å²) >= 11 is 1.84. The highest BCUT2D eigenvalue weighted by molar-refractivity contribution is 8.00. The summed E-state index contributed by atoms with van der Waals surface area (Å²) in [5.41, 5.74) is 6.48. The van der Waals surface area contributed by atoms with Crippen molar-refractivity contribution in [3.05, 3.63) is 24.3 Å². The molecular formula is C18H26N3O2S+. The van der Waals surface area contributed by atoms with E-state index in [2.05, 4.69) is 13.0 Å². The highest BCUT2D eigenvalue weighted by Gasteiger charge is 2.31. The number of piperidine rings is 1. The van der Waals surface area contributed by atoms with Crippen molar-refractivity contribution < 1.29 is 14.5 Å². The maximum absolute atomic E-state index is 12.9. The molecule has 3 rings (SSSR count). The summed E-state index contributed by atoms with van der Waals surface area (Å²) in [6.45, 7) is 5.04. The molecule has 0 spiro atoms. The number of thioether (sulfide) groups is 1. The number of hydrogen-bond acceptors (Lipinski definition) is 3. The third-order valence-corrected chi connectivity index (χ3v) is 6.20. The van der Waals surface area contributed by atoms with Gasteiger partial charge in [0.2, 0.25) is 5.91 Å². The largest absolute Gasteiger partial charge is 0.369 e. The lowest BCUT2D eigenvalue weighted by Gasteiger charge is -2.30. The molecule has 0 saturated carbocycles. The monoisotopic (exact) mass is 348 g/mol. The molecule has 0 bridgehead atoms. The Kier molecular flexibility index (Phi) is 5.46. The lowest BCUT2D eigenvalue weighted by atomic mass is 9.97. The van der Waals surface area contributed by atoms with Gasteiger partial charge in [-0.1, -0.05) is 19.1 Å². The lowest BCUT2D eigenvalue weighted by Crippen LogP contribution is -3.15. The van der Waals surface area contributed by atoms with Crippen molar-refractivity contribution in [2.24, 2.45) is 11.7 Å². The number of hydrogen-bond donors (Lipinski definition) is 2. The Labute approximate surface area is 147 Å². The third kappa shape index (κ3) is 3.92. The second-order valence-corrected chi connectivity index (χ2v) is 8.33. The number of likely N-dealkylation sites (tertiary alicyclic amines) is 1. The van der Waals surface area contributed by atoms with Gasteiger partial charge in [-0.15, -0.1) is 11.8 Å². The first kappa shape index (κ1) is 17.3. The molecule has 3 atom stereocenters. The van der Waals surface area contributed by atoms with E-state index in [1.807, 2.05) is 34.9 Å². The van der Waals surface area contributed by atoms with Crippen LogP contribution in [0.15, 0.2) is 29.2 Å². The summed E-state index contributed by atoms with van der Waals surface area (Å²) in [7, 11) is 0. The Hall–Kier alpha value is -1.53. The van der Waals surface area contributed by atoms with Crippen molar-refractivity contribution in [2.75, 3.05) is 31.1 Å². The summed E-state index contributed by atoms with van der Waals surface area (Å²) in [4.78, 5) is 28.7. The first-order chi connectivity index (χ1) is 11.5. The Morgan fingerprint density at radius 3 is 2.92 bits per heavy atom. The van der Waals surface area contributed by atoms with Gasteiger partial charge in [-0.05, 0) is 31.4 Å². The van der Waals surface area contributed by atoms with Crippen LogP contribution in [0.3, 0.4) is 0 Å². The van der Waals surface area contributed by atoms with E-state index in [-0.39, 0.29) is 17.7 Å². The molecule has 2 aliphatic rings. The van der Waals surface area contributed by atoms with Crippen LogP contribution in [0.25, 0.3) is 0 Å². The maximum atomic E-state index is 12.9. The molecule has 0 aliphatic carbocycles. The summed E-state index contributed by atoms with van der Waals surface area (Å²) < 4.78 is 0. The van der Waals surface area contributed by atoms with Crippen LogP contribution in [0.4, 0.5) is 5.69 Å². The van der Waals surface area contributed by atoms with Gasteiger partial charge in [-0.2, -0.15) is 0 Å². The lowest BCUT2D eigenvalue weighted by molar-refractivity contribution is -0.899. The molecule has 5 nitrogen and oxygen atoms in total. The number of fused-ring (bicyclic) bond motifs is 1. The van der Waals surface area contributed by atoms with Gasteiger partial charge in [-0.25, -0.2) is 0 Å². The van der Waals surface area contributed by atoms with Gasteiger partial charge in [0.1, 0.15) is 0 Å². The van der Waals surface area contributed by atoms with E-state index in [9.17, 15) is 9.59 Å². The average molecular weight is 348 g/mol. The average Bonchev–Trinajstić information content (AvgIpc) is 2.73. The number of primary amides is 1. The molecule has 2 heterocycles. The standard InChI is InChI=1S/C18H25N3O2S/c1-13-8-10-21(15-6-2-3-7-16(15)24-13)17(22)12-20-9-4-5-14(11-20)18(19)23/h2-3,6-7,13-14H,4-5,8-12H2,1H3,(H2,19,23)/p+1/t13-,14+/m1/s1. The molecule has 1 fully saturated rings. The first-order valence-corrected chi connectivity index (χ1v) is 9.61. The van der Waals surface area contributed by atoms with E-state index >= 15 is 0 Å². The number of carbonyl (C=O) groups is 2. The summed E-state index contributed by atoms with van der Waals surface area (Å²) in [5, 5.41) is 0.505. The molecule has 1 aromatic carbocycles. The number of nitrogens with zero attached hydrogens (tertiary/aromatic N) is 1. The minimum absolute atomic E-state index is 0.0893. The molecule has 1 aromatic rings. The molecule has 2 aliphatic heterocycles. The van der Waals surface area contributed by atoms with Crippen LogP contribution < -0.4 is 15.5 Å². The minimum Gasteiger partial charge on any atom is -0.369 e. The van der Waals surface area contributed by atoms with Crippen LogP contribution in [-0.4, -0.2) is 43.2 Å². The van der Waals surface area contributed by atoms with Gasteiger partial charge in [0.15, 0.2) is 6.54 Å². The molecule has 3 N–H and O–H groups in total. The van der Waals surface area contributed by atoms with E-state index in [0.29, 0.717) is 18.3 Å². The van der Waals surface area contributed by atoms with Crippen molar-refractivity contribution in [2.45, 2.75) is 36.3 Å². The topological polar surface area (TPSA) is 67.8 Å². The molecule has 6 heteroatoms. The van der Waals surface area contributed by atoms with E-state index in [1.165, 1.54) is 9.80 Å². The van der Waals surface area contributed by atoms with Crippen LogP contribution in [0, 0.1) is 5.92 Å². The zero-order valence-electron chi connectivity index (χ0n) is 14.2. The van der Waals surface area contributed by atoms with Crippen LogP contribution >= 0.6 is 11.8 Å². The SMILES string of the molecule is C[C@@H]1CCN(C(=O)C[NH+]2CCC[C@H](C(N)=O)C2)c2ccccc2S1. The van der Waals surface area contributed by atoms with Gasteiger partial charge >= 0.3 is 0 Å². The number of anilines is 1. The van der Waals surface area contributed by atoms with Crippen LogP contribution in [0.2, 0.25) is 0 Å². The van der Waals surface area contributed by atoms with Crippen molar-refractivity contribution >= 4 is 29.3 Å². The van der Waals surface area contributed by atoms with Crippen LogP contribution in [0.1, 0.15) is 26.2 Å². The van der Waals surface area contributed by atoms with E-state index in [4.69, 9.17) is 5.73 Å². The fourth-order valence-corrected chi connectivity index (χ4v) is 4.72. The van der Waals surface area contributed by atoms with Gasteiger partial charge < -0.3 is 15.5 Å². The second kappa shape index (κ2) is 7.57. The van der Waals surface area contributed by atoms with Crippen LogP contribution in [-0.2, 0) is 9.59 Å². The molecule has 0 aromatic heterocycles. The van der Waals surface area contributed by atoms with Crippen molar-refractivity contribution in [1.82, 2.24) is 0 Å². The van der Waals surface area contributed by atoms with Gasteiger partial charge in [0, 0.05) is 16.7 Å². The molecule has 0 radical (unpaired) electrons. The molecule has 2 amide bonds. The van der Waals surface area contributed by atoms with Crippen molar-refractivity contribution in [3.63, 3.8) is 0 Å². The molecule has 1 saturated heterocycles. The number of quaternary nitrogens is 1. The van der Waals surface area contributed by atoms with E-state index in [0.717, 1.165) is 38.0 Å². The summed E-state index contributed by atoms with van der Waals surface area (Å²) in [6.07, 6.45) is 2.80. The summed E-state index contributed by atoms with van der Waals surface area (Å²) in [5.74, 6) is -0.171. The fourth-order valence-electron chi connectivity index (χ4n) is 3.61. The quantitative estimate of drug-likeness (QED) is 0.844.